The number of ether oxygens (including phenoxy) is 1. The van der Waals surface area contributed by atoms with Gasteiger partial charge in [0.15, 0.2) is 0 Å². The largest absolute Gasteiger partial charge is 0.497 e. The second kappa shape index (κ2) is 7.10. The summed E-state index contributed by atoms with van der Waals surface area (Å²) in [6.07, 6.45) is 0.979. The summed E-state index contributed by atoms with van der Waals surface area (Å²) < 4.78 is 5.07. The monoisotopic (exact) mass is 333 g/mol. The lowest BCUT2D eigenvalue weighted by atomic mass is 10.1. The van der Waals surface area contributed by atoms with Gasteiger partial charge >= 0.3 is 0 Å². The van der Waals surface area contributed by atoms with E-state index in [1.165, 1.54) is 5.56 Å². The van der Waals surface area contributed by atoms with E-state index in [9.17, 15) is 4.79 Å². The molecule has 1 amide bonds. The minimum Gasteiger partial charge on any atom is -0.497 e. The van der Waals surface area contributed by atoms with Crippen LogP contribution in [0.25, 0.3) is 0 Å². The molecule has 2 aromatic carbocycles. The molecule has 0 saturated carbocycles. The van der Waals surface area contributed by atoms with Crippen LogP contribution in [0.5, 0.6) is 5.75 Å². The van der Waals surface area contributed by atoms with Gasteiger partial charge in [0, 0.05) is 16.6 Å². The third-order valence-corrected chi connectivity index (χ3v) is 3.34. The molecule has 0 spiro atoms. The van der Waals surface area contributed by atoms with Gasteiger partial charge in [-0.1, -0.05) is 28.1 Å². The standard InChI is InChI=1S/C16H16BrNO2/c1-20-15-8-4-13(5-9-15)16(19)18-14-6-2-12(3-7-14)10-11-17/h2-9H,10-11H2,1H3,(H,18,19). The Labute approximate surface area is 127 Å². The Balaban J connectivity index is 2.02. The van der Waals surface area contributed by atoms with Crippen molar-refractivity contribution >= 4 is 27.5 Å². The van der Waals surface area contributed by atoms with Crippen LogP contribution in [0.1, 0.15) is 15.9 Å². The quantitative estimate of drug-likeness (QED) is 0.843. The van der Waals surface area contributed by atoms with Crippen molar-refractivity contribution in [1.29, 1.82) is 0 Å². The highest BCUT2D eigenvalue weighted by molar-refractivity contribution is 9.09. The SMILES string of the molecule is COc1ccc(C(=O)Nc2ccc(CCBr)cc2)cc1. The van der Waals surface area contributed by atoms with Crippen molar-refractivity contribution in [2.24, 2.45) is 0 Å². The van der Waals surface area contributed by atoms with Crippen molar-refractivity contribution in [3.05, 3.63) is 59.7 Å². The molecular weight excluding hydrogens is 318 g/mol. The Morgan fingerprint density at radius 2 is 1.75 bits per heavy atom. The van der Waals surface area contributed by atoms with Crippen molar-refractivity contribution < 1.29 is 9.53 Å². The predicted molar refractivity (Wildman–Crippen MR) is 84.9 cm³/mol. The molecule has 0 aliphatic carbocycles. The normalized spacial score (nSPS) is 10.1. The zero-order valence-electron chi connectivity index (χ0n) is 11.2. The summed E-state index contributed by atoms with van der Waals surface area (Å²) in [4.78, 5) is 12.1. The van der Waals surface area contributed by atoms with Crippen molar-refractivity contribution in [2.45, 2.75) is 6.42 Å². The number of methoxy groups -OCH3 is 1. The summed E-state index contributed by atoms with van der Waals surface area (Å²) in [6.45, 7) is 0. The number of hydrogen-bond donors (Lipinski definition) is 1. The Bertz CT molecular complexity index is 564. The number of halogens is 1. The number of carbonyl (C=O) groups is 1. The molecular formula is C16H16BrNO2. The third-order valence-electron chi connectivity index (χ3n) is 2.95. The minimum absolute atomic E-state index is 0.124. The number of nitrogens with one attached hydrogen (secondary N) is 1. The second-order valence-corrected chi connectivity index (χ2v) is 5.11. The summed E-state index contributed by atoms with van der Waals surface area (Å²) in [5, 5.41) is 3.81. The van der Waals surface area contributed by atoms with Crippen LogP contribution in [0.4, 0.5) is 5.69 Å². The first-order valence-electron chi connectivity index (χ1n) is 6.33. The van der Waals surface area contributed by atoms with Crippen molar-refractivity contribution in [1.82, 2.24) is 0 Å². The highest BCUT2D eigenvalue weighted by Crippen LogP contribution is 2.15. The van der Waals surface area contributed by atoms with E-state index in [1.807, 2.05) is 24.3 Å². The number of amides is 1. The van der Waals surface area contributed by atoms with E-state index in [4.69, 9.17) is 4.74 Å². The summed E-state index contributed by atoms with van der Waals surface area (Å²) in [5.41, 5.74) is 2.64. The van der Waals surface area contributed by atoms with Crippen molar-refractivity contribution in [3.8, 4) is 5.75 Å². The smallest absolute Gasteiger partial charge is 0.255 e. The van der Waals surface area contributed by atoms with Crippen LogP contribution in [0.15, 0.2) is 48.5 Å². The lowest BCUT2D eigenvalue weighted by Gasteiger charge is -2.07. The van der Waals surface area contributed by atoms with E-state index in [-0.39, 0.29) is 5.91 Å². The summed E-state index contributed by atoms with van der Waals surface area (Å²) >= 11 is 3.41. The van der Waals surface area contributed by atoms with Gasteiger partial charge in [0.25, 0.3) is 5.91 Å². The molecule has 104 valence electrons. The first-order chi connectivity index (χ1) is 9.72. The minimum atomic E-state index is -0.124. The fraction of sp³-hybridized carbons (Fsp3) is 0.188. The maximum absolute atomic E-state index is 12.1. The number of rotatable bonds is 5. The molecule has 0 radical (unpaired) electrons. The van der Waals surface area contributed by atoms with Gasteiger partial charge in [-0.3, -0.25) is 4.79 Å². The van der Waals surface area contributed by atoms with Gasteiger partial charge in [-0.05, 0) is 48.4 Å². The molecule has 0 aromatic heterocycles. The first kappa shape index (κ1) is 14.6. The number of carbonyl (C=O) groups excluding carboxylic acids is 1. The van der Waals surface area contributed by atoms with Gasteiger partial charge in [0.1, 0.15) is 5.75 Å². The van der Waals surface area contributed by atoms with Crippen molar-refractivity contribution in [2.75, 3.05) is 17.8 Å². The Kier molecular flexibility index (Phi) is 5.18. The Morgan fingerprint density at radius 1 is 1.10 bits per heavy atom. The molecule has 0 fully saturated rings. The average molecular weight is 334 g/mol. The molecule has 0 aliphatic rings. The maximum Gasteiger partial charge on any atom is 0.255 e. The number of aryl methyl sites for hydroxylation is 1. The molecule has 1 N–H and O–H groups in total. The summed E-state index contributed by atoms with van der Waals surface area (Å²) in [7, 11) is 1.60. The number of hydrogen-bond acceptors (Lipinski definition) is 2. The van der Waals surface area contributed by atoms with E-state index in [2.05, 4.69) is 21.2 Å². The predicted octanol–water partition coefficient (Wildman–Crippen LogP) is 3.88. The summed E-state index contributed by atoms with van der Waals surface area (Å²) in [5.74, 6) is 0.613. The van der Waals surface area contributed by atoms with Gasteiger partial charge < -0.3 is 10.1 Å². The topological polar surface area (TPSA) is 38.3 Å². The van der Waals surface area contributed by atoms with E-state index < -0.39 is 0 Å². The van der Waals surface area contributed by atoms with Crippen LogP contribution < -0.4 is 10.1 Å². The molecule has 4 heteroatoms. The fourth-order valence-electron chi connectivity index (χ4n) is 1.81. The van der Waals surface area contributed by atoms with Crippen LogP contribution in [0.3, 0.4) is 0 Å². The van der Waals surface area contributed by atoms with Gasteiger partial charge in [-0.2, -0.15) is 0 Å². The van der Waals surface area contributed by atoms with E-state index in [0.29, 0.717) is 5.56 Å². The third kappa shape index (κ3) is 3.84. The van der Waals surface area contributed by atoms with E-state index in [1.54, 1.807) is 31.4 Å². The van der Waals surface area contributed by atoms with Crippen molar-refractivity contribution in [3.63, 3.8) is 0 Å². The highest BCUT2D eigenvalue weighted by atomic mass is 79.9. The van der Waals surface area contributed by atoms with E-state index >= 15 is 0 Å². The molecule has 0 atom stereocenters. The summed E-state index contributed by atoms with van der Waals surface area (Å²) in [6, 6.07) is 14.9. The number of anilines is 1. The lowest BCUT2D eigenvalue weighted by molar-refractivity contribution is 0.102. The number of benzene rings is 2. The highest BCUT2D eigenvalue weighted by Gasteiger charge is 2.06. The van der Waals surface area contributed by atoms with Crippen LogP contribution in [0, 0.1) is 0 Å². The molecule has 0 aliphatic heterocycles. The maximum atomic E-state index is 12.1. The molecule has 2 aromatic rings. The van der Waals surface area contributed by atoms with Gasteiger partial charge in [0.05, 0.1) is 7.11 Å². The zero-order chi connectivity index (χ0) is 14.4. The molecule has 20 heavy (non-hydrogen) atoms. The first-order valence-corrected chi connectivity index (χ1v) is 7.45. The molecule has 0 bridgehead atoms. The van der Waals surface area contributed by atoms with Gasteiger partial charge in [0.2, 0.25) is 0 Å². The molecule has 0 heterocycles. The van der Waals surface area contributed by atoms with Crippen LogP contribution in [-0.2, 0) is 6.42 Å². The molecule has 0 saturated heterocycles. The zero-order valence-corrected chi connectivity index (χ0v) is 12.8. The Morgan fingerprint density at radius 3 is 2.30 bits per heavy atom. The lowest BCUT2D eigenvalue weighted by Crippen LogP contribution is -2.11. The van der Waals surface area contributed by atoms with E-state index in [0.717, 1.165) is 23.2 Å². The van der Waals surface area contributed by atoms with Crippen LogP contribution in [-0.4, -0.2) is 18.3 Å². The Hall–Kier alpha value is -1.81. The average Bonchev–Trinajstić information content (AvgIpc) is 2.49. The second-order valence-electron chi connectivity index (χ2n) is 4.32. The molecule has 2 rings (SSSR count). The van der Waals surface area contributed by atoms with Crippen LogP contribution in [0.2, 0.25) is 0 Å². The van der Waals surface area contributed by atoms with Crippen LogP contribution >= 0.6 is 15.9 Å². The molecule has 0 unspecified atom stereocenters. The van der Waals surface area contributed by atoms with Gasteiger partial charge in [-0.15, -0.1) is 0 Å². The molecule has 3 nitrogen and oxygen atoms in total. The van der Waals surface area contributed by atoms with Gasteiger partial charge in [-0.25, -0.2) is 0 Å². The number of alkyl halides is 1. The fourth-order valence-corrected chi connectivity index (χ4v) is 2.27.